The first-order chi connectivity index (χ1) is 12.2. The zero-order valence-electron chi connectivity index (χ0n) is 14.4. The van der Waals surface area contributed by atoms with E-state index in [1.54, 1.807) is 6.07 Å². The molecule has 0 radical (unpaired) electrons. The zero-order valence-corrected chi connectivity index (χ0v) is 14.4. The first-order valence-electron chi connectivity index (χ1n) is 8.83. The Balaban J connectivity index is 1.72. The van der Waals surface area contributed by atoms with Crippen molar-refractivity contribution >= 4 is 11.0 Å². The van der Waals surface area contributed by atoms with Crippen LogP contribution in [0.1, 0.15) is 30.0 Å². The maximum atomic E-state index is 12.0. The van der Waals surface area contributed by atoms with Crippen molar-refractivity contribution in [3.05, 3.63) is 75.6 Å². The van der Waals surface area contributed by atoms with Crippen molar-refractivity contribution in [3.63, 3.8) is 0 Å². The third kappa shape index (κ3) is 3.17. The highest BCUT2D eigenvalue weighted by molar-refractivity contribution is 5.85. The van der Waals surface area contributed by atoms with Crippen molar-refractivity contribution in [3.8, 4) is 5.75 Å². The van der Waals surface area contributed by atoms with Crippen LogP contribution in [-0.4, -0.2) is 6.73 Å². The Hall–Kier alpha value is -2.59. The molecule has 0 saturated heterocycles. The second kappa shape index (κ2) is 6.73. The third-order valence-corrected chi connectivity index (χ3v) is 4.73. The Bertz CT molecular complexity index is 947. The van der Waals surface area contributed by atoms with Crippen LogP contribution in [0.15, 0.2) is 57.7 Å². The van der Waals surface area contributed by atoms with E-state index in [9.17, 15) is 4.79 Å². The second-order valence-electron chi connectivity index (χ2n) is 6.64. The number of quaternary nitrogens is 1. The largest absolute Gasteiger partial charge is 0.445 e. The number of hydrogen-bond donors (Lipinski definition) is 1. The van der Waals surface area contributed by atoms with Crippen molar-refractivity contribution in [2.24, 2.45) is 0 Å². The van der Waals surface area contributed by atoms with Crippen molar-refractivity contribution in [2.45, 2.75) is 32.9 Å². The van der Waals surface area contributed by atoms with Crippen LogP contribution in [0, 0.1) is 0 Å². The van der Waals surface area contributed by atoms with Gasteiger partial charge in [0, 0.05) is 17.0 Å². The highest BCUT2D eigenvalue weighted by Crippen LogP contribution is 2.30. The standard InChI is InChI=1S/C21H21NO3/c1-2-6-16-11-20(23)25-21-17(16)9-10-19-18(21)13-22(14-24-19)12-15-7-4-3-5-8-15/h3-5,7-11H,2,6,12-14H2,1H3/p+1. The Kier molecular flexibility index (Phi) is 4.28. The molecular formula is C21H22NO3+. The molecule has 1 aromatic heterocycles. The van der Waals surface area contributed by atoms with E-state index in [-0.39, 0.29) is 5.63 Å². The Morgan fingerprint density at radius 3 is 2.76 bits per heavy atom. The van der Waals surface area contributed by atoms with E-state index in [0.29, 0.717) is 12.3 Å². The molecule has 0 bridgehead atoms. The van der Waals surface area contributed by atoms with E-state index in [0.717, 1.165) is 48.2 Å². The van der Waals surface area contributed by atoms with E-state index in [4.69, 9.17) is 9.15 Å². The van der Waals surface area contributed by atoms with Gasteiger partial charge in [-0.25, -0.2) is 4.79 Å². The quantitative estimate of drug-likeness (QED) is 0.745. The lowest BCUT2D eigenvalue weighted by atomic mass is 10.0. The van der Waals surface area contributed by atoms with Gasteiger partial charge in [0.1, 0.15) is 18.8 Å². The SMILES string of the molecule is CCCc1cc(=O)oc2c3c(ccc12)OC[NH+](Cc1ccccc1)C3. The van der Waals surface area contributed by atoms with Gasteiger partial charge in [0.2, 0.25) is 6.73 Å². The van der Waals surface area contributed by atoms with Gasteiger partial charge in [-0.2, -0.15) is 0 Å². The van der Waals surface area contributed by atoms with Crippen LogP contribution in [-0.2, 0) is 19.5 Å². The lowest BCUT2D eigenvalue weighted by Gasteiger charge is -2.26. The Labute approximate surface area is 146 Å². The van der Waals surface area contributed by atoms with E-state index < -0.39 is 0 Å². The molecule has 1 atom stereocenters. The molecule has 1 unspecified atom stereocenters. The van der Waals surface area contributed by atoms with Crippen LogP contribution < -0.4 is 15.3 Å². The summed E-state index contributed by atoms with van der Waals surface area (Å²) in [6, 6.07) is 16.0. The molecule has 1 N–H and O–H groups in total. The van der Waals surface area contributed by atoms with Gasteiger partial charge in [0.25, 0.3) is 0 Å². The summed E-state index contributed by atoms with van der Waals surface area (Å²) in [5, 5.41) is 1.03. The van der Waals surface area contributed by atoms with Gasteiger partial charge >= 0.3 is 5.63 Å². The van der Waals surface area contributed by atoms with E-state index in [1.165, 1.54) is 10.5 Å². The first-order valence-corrected chi connectivity index (χ1v) is 8.83. The molecule has 4 heteroatoms. The summed E-state index contributed by atoms with van der Waals surface area (Å²) in [6.07, 6.45) is 1.87. The normalized spacial score (nSPS) is 16.4. The van der Waals surface area contributed by atoms with Crippen LogP contribution in [0.25, 0.3) is 11.0 Å². The maximum absolute atomic E-state index is 12.0. The Morgan fingerprint density at radius 2 is 1.96 bits per heavy atom. The fourth-order valence-electron chi connectivity index (χ4n) is 3.59. The molecule has 25 heavy (non-hydrogen) atoms. The molecule has 3 aromatic rings. The molecule has 4 nitrogen and oxygen atoms in total. The molecule has 1 aliphatic heterocycles. The number of hydrogen-bond acceptors (Lipinski definition) is 3. The lowest BCUT2D eigenvalue weighted by Crippen LogP contribution is -3.10. The zero-order chi connectivity index (χ0) is 17.2. The highest BCUT2D eigenvalue weighted by atomic mass is 16.5. The van der Waals surface area contributed by atoms with Gasteiger partial charge in [-0.15, -0.1) is 0 Å². The monoisotopic (exact) mass is 336 g/mol. The number of nitrogens with one attached hydrogen (secondary N) is 1. The van der Waals surface area contributed by atoms with Crippen LogP contribution in [0.4, 0.5) is 0 Å². The van der Waals surface area contributed by atoms with Gasteiger partial charge in [-0.05, 0) is 24.1 Å². The average Bonchev–Trinajstić information content (AvgIpc) is 2.63. The van der Waals surface area contributed by atoms with E-state index in [2.05, 4.69) is 31.2 Å². The molecule has 4 rings (SSSR count). The summed E-state index contributed by atoms with van der Waals surface area (Å²) in [7, 11) is 0. The summed E-state index contributed by atoms with van der Waals surface area (Å²) in [6.45, 7) is 4.41. The summed E-state index contributed by atoms with van der Waals surface area (Å²) in [5.41, 5.74) is 3.76. The first kappa shape index (κ1) is 15.9. The summed E-state index contributed by atoms with van der Waals surface area (Å²) in [4.78, 5) is 13.3. The predicted molar refractivity (Wildman–Crippen MR) is 96.8 cm³/mol. The number of fused-ring (bicyclic) bond motifs is 3. The fraction of sp³-hybridized carbons (Fsp3) is 0.286. The highest BCUT2D eigenvalue weighted by Gasteiger charge is 2.25. The van der Waals surface area contributed by atoms with Crippen molar-refractivity contribution in [1.82, 2.24) is 0 Å². The number of rotatable bonds is 4. The molecule has 0 fully saturated rings. The van der Waals surface area contributed by atoms with Crippen molar-refractivity contribution in [1.29, 1.82) is 0 Å². The van der Waals surface area contributed by atoms with Crippen LogP contribution >= 0.6 is 0 Å². The van der Waals surface area contributed by atoms with Crippen molar-refractivity contribution in [2.75, 3.05) is 6.73 Å². The minimum Gasteiger partial charge on any atom is -0.445 e. The Morgan fingerprint density at radius 1 is 1.12 bits per heavy atom. The predicted octanol–water partition coefficient (Wildman–Crippen LogP) is 2.68. The summed E-state index contributed by atoms with van der Waals surface area (Å²) in [5.74, 6) is 0.834. The summed E-state index contributed by atoms with van der Waals surface area (Å²) >= 11 is 0. The molecular weight excluding hydrogens is 314 g/mol. The molecule has 0 saturated carbocycles. The maximum Gasteiger partial charge on any atom is 0.336 e. The smallest absolute Gasteiger partial charge is 0.336 e. The fourth-order valence-corrected chi connectivity index (χ4v) is 3.59. The number of ether oxygens (including phenoxy) is 1. The minimum atomic E-state index is -0.278. The van der Waals surface area contributed by atoms with E-state index in [1.807, 2.05) is 18.2 Å². The average molecular weight is 336 g/mol. The van der Waals surface area contributed by atoms with E-state index >= 15 is 0 Å². The lowest BCUT2D eigenvalue weighted by molar-refractivity contribution is -0.945. The van der Waals surface area contributed by atoms with Gasteiger partial charge in [0.05, 0.1) is 5.56 Å². The van der Waals surface area contributed by atoms with Gasteiger partial charge < -0.3 is 9.15 Å². The molecule has 2 aromatic carbocycles. The minimum absolute atomic E-state index is 0.278. The van der Waals surface area contributed by atoms with Crippen LogP contribution in [0.3, 0.4) is 0 Å². The van der Waals surface area contributed by atoms with Crippen molar-refractivity contribution < 1.29 is 14.1 Å². The third-order valence-electron chi connectivity index (χ3n) is 4.73. The van der Waals surface area contributed by atoms with Gasteiger partial charge in [-0.1, -0.05) is 43.7 Å². The molecule has 0 amide bonds. The molecule has 1 aliphatic rings. The second-order valence-corrected chi connectivity index (χ2v) is 6.64. The number of aryl methyl sites for hydroxylation is 1. The summed E-state index contributed by atoms with van der Waals surface area (Å²) < 4.78 is 11.6. The molecule has 128 valence electrons. The van der Waals surface area contributed by atoms with Crippen LogP contribution in [0.2, 0.25) is 0 Å². The molecule has 0 spiro atoms. The number of benzene rings is 2. The van der Waals surface area contributed by atoms with Gasteiger partial charge in [-0.3, -0.25) is 4.90 Å². The molecule has 2 heterocycles. The van der Waals surface area contributed by atoms with Crippen LogP contribution in [0.5, 0.6) is 5.75 Å². The van der Waals surface area contributed by atoms with Gasteiger partial charge in [0.15, 0.2) is 5.58 Å². The topological polar surface area (TPSA) is 43.9 Å². The molecule has 0 aliphatic carbocycles.